The maximum Gasteiger partial charge on any atom is 0.235 e. The lowest BCUT2D eigenvalue weighted by Gasteiger charge is -2.12. The van der Waals surface area contributed by atoms with Gasteiger partial charge in [-0.15, -0.1) is 0 Å². The van der Waals surface area contributed by atoms with Crippen LogP contribution in [-0.2, 0) is 6.42 Å². The summed E-state index contributed by atoms with van der Waals surface area (Å²) in [5.41, 5.74) is 6.63. The molecule has 0 bridgehead atoms. The molecule has 200 valence electrons. The van der Waals surface area contributed by atoms with Crippen molar-refractivity contribution < 1.29 is 9.85 Å². The van der Waals surface area contributed by atoms with E-state index in [1.807, 2.05) is 79.0 Å². The van der Waals surface area contributed by atoms with Gasteiger partial charge in [-0.05, 0) is 40.3 Å². The van der Waals surface area contributed by atoms with Gasteiger partial charge in [-0.1, -0.05) is 115 Å². The first-order chi connectivity index (χ1) is 19.5. The van der Waals surface area contributed by atoms with E-state index >= 15 is 0 Å². The Balaban J connectivity index is 0.000000155. The van der Waals surface area contributed by atoms with Crippen molar-refractivity contribution in [3.8, 4) is 0 Å². The minimum absolute atomic E-state index is 0.105. The van der Waals surface area contributed by atoms with Crippen molar-refractivity contribution in [2.45, 2.75) is 12.3 Å². The number of nitro groups is 2. The van der Waals surface area contributed by atoms with E-state index in [0.29, 0.717) is 0 Å². The molecule has 1 aliphatic carbocycles. The van der Waals surface area contributed by atoms with Gasteiger partial charge in [0.1, 0.15) is 0 Å². The zero-order valence-electron chi connectivity index (χ0n) is 21.8. The lowest BCUT2D eigenvalue weighted by Crippen LogP contribution is -2.13. The van der Waals surface area contributed by atoms with E-state index in [1.165, 1.54) is 17.2 Å². The highest BCUT2D eigenvalue weighted by atomic mass is 16.6. The third-order valence-electron chi connectivity index (χ3n) is 6.41. The van der Waals surface area contributed by atoms with Gasteiger partial charge in [-0.25, -0.2) is 0 Å². The molecule has 0 saturated carbocycles. The van der Waals surface area contributed by atoms with Crippen molar-refractivity contribution in [2.24, 2.45) is 0 Å². The van der Waals surface area contributed by atoms with Crippen LogP contribution in [0.5, 0.6) is 0 Å². The minimum atomic E-state index is -0.479. The van der Waals surface area contributed by atoms with Crippen LogP contribution in [0.3, 0.4) is 0 Å². The fraction of sp³-hybridized carbons (Fsp3) is 0.0909. The summed E-state index contributed by atoms with van der Waals surface area (Å²) in [4.78, 5) is 23.4. The molecule has 1 N–H and O–H groups in total. The summed E-state index contributed by atoms with van der Waals surface area (Å²) in [6, 6.07) is 35.1. The van der Waals surface area contributed by atoms with Crippen LogP contribution in [0, 0.1) is 20.2 Å². The zero-order valence-corrected chi connectivity index (χ0v) is 21.8. The third kappa shape index (κ3) is 7.85. The van der Waals surface area contributed by atoms with Crippen LogP contribution < -0.4 is 0 Å². The predicted molar refractivity (Wildman–Crippen MR) is 160 cm³/mol. The molecule has 0 saturated heterocycles. The Bertz CT molecular complexity index is 1610. The highest BCUT2D eigenvalue weighted by molar-refractivity contribution is 5.84. The summed E-state index contributed by atoms with van der Waals surface area (Å²) in [6.07, 6.45) is 9.76. The average molecular weight is 532 g/mol. The normalized spacial score (nSPS) is 12.1. The standard InChI is InChI=1S/C16H14N2O2.C9H8.C8H7NO2/c19-18(20)11-15(12-6-2-1-3-7-12)14-10-17-16-9-5-4-8-13(14)16;1-2-5-9-7-3-6-8(9)4-1;10-9(11)7-6-8-4-2-1-3-5-8/h1-10,15,17H,11H2;1-6H,7H2;1-7H/b;;7-6+. The maximum atomic E-state index is 11.0. The van der Waals surface area contributed by atoms with Gasteiger partial charge in [-0.2, -0.15) is 0 Å². The summed E-state index contributed by atoms with van der Waals surface area (Å²) < 4.78 is 0. The molecule has 5 aromatic rings. The van der Waals surface area contributed by atoms with Gasteiger partial charge < -0.3 is 4.98 Å². The van der Waals surface area contributed by atoms with Crippen LogP contribution in [0.4, 0.5) is 0 Å². The van der Waals surface area contributed by atoms with Crippen LogP contribution in [0.25, 0.3) is 23.1 Å². The number of nitrogens with zero attached hydrogens (tertiary/aromatic N) is 2. The molecule has 7 heteroatoms. The van der Waals surface area contributed by atoms with E-state index < -0.39 is 4.92 Å². The van der Waals surface area contributed by atoms with Gasteiger partial charge >= 0.3 is 0 Å². The SMILES string of the molecule is C1=Cc2ccccc2C1.O=[N+]([O-])/C=C/c1ccccc1.O=[N+]([O-])CC(c1ccccc1)c1c[nH]c2ccccc12. The number of allylic oxidation sites excluding steroid dienone is 1. The first kappa shape index (κ1) is 27.7. The molecule has 1 unspecified atom stereocenters. The molecule has 6 rings (SSSR count). The Hall–Kier alpha value is -5.30. The van der Waals surface area contributed by atoms with Crippen molar-refractivity contribution in [3.05, 3.63) is 176 Å². The molecule has 1 heterocycles. The molecule has 40 heavy (non-hydrogen) atoms. The topological polar surface area (TPSA) is 102 Å². The summed E-state index contributed by atoms with van der Waals surface area (Å²) in [6.45, 7) is -0.105. The van der Waals surface area contributed by atoms with Crippen LogP contribution in [0.2, 0.25) is 0 Å². The first-order valence-electron chi connectivity index (χ1n) is 12.8. The van der Waals surface area contributed by atoms with Crippen molar-refractivity contribution >= 4 is 23.1 Å². The van der Waals surface area contributed by atoms with Gasteiger partial charge in [-0.3, -0.25) is 20.2 Å². The first-order valence-corrected chi connectivity index (χ1v) is 12.8. The number of H-pyrrole nitrogens is 1. The molecule has 0 spiro atoms. The molecule has 4 aromatic carbocycles. The number of hydrogen-bond donors (Lipinski definition) is 1. The van der Waals surface area contributed by atoms with Crippen LogP contribution in [-0.4, -0.2) is 21.4 Å². The second kappa shape index (κ2) is 14.0. The Morgan fingerprint density at radius 2 is 1.45 bits per heavy atom. The van der Waals surface area contributed by atoms with Crippen LogP contribution in [0.15, 0.2) is 128 Å². The van der Waals surface area contributed by atoms with E-state index in [9.17, 15) is 20.2 Å². The van der Waals surface area contributed by atoms with E-state index in [1.54, 1.807) is 12.1 Å². The van der Waals surface area contributed by atoms with E-state index in [4.69, 9.17) is 0 Å². The van der Waals surface area contributed by atoms with Crippen molar-refractivity contribution in [1.82, 2.24) is 4.98 Å². The van der Waals surface area contributed by atoms with E-state index in [2.05, 4.69) is 41.4 Å². The number of hydrogen-bond acceptors (Lipinski definition) is 4. The number of rotatable bonds is 6. The summed E-state index contributed by atoms with van der Waals surface area (Å²) in [5, 5.41) is 21.9. The van der Waals surface area contributed by atoms with Gasteiger partial charge in [0.2, 0.25) is 12.7 Å². The molecule has 7 nitrogen and oxygen atoms in total. The van der Waals surface area contributed by atoms with Crippen molar-refractivity contribution in [1.29, 1.82) is 0 Å². The lowest BCUT2D eigenvalue weighted by molar-refractivity contribution is -0.481. The van der Waals surface area contributed by atoms with Gasteiger partial charge in [0.05, 0.1) is 10.8 Å². The Labute approximate surface area is 232 Å². The molecular formula is C33H29N3O4. The zero-order chi connectivity index (χ0) is 28.2. The summed E-state index contributed by atoms with van der Waals surface area (Å²) in [5.74, 6) is -0.234. The van der Waals surface area contributed by atoms with Gasteiger partial charge in [0.15, 0.2) is 0 Å². The molecule has 1 atom stereocenters. The highest BCUT2D eigenvalue weighted by Gasteiger charge is 2.22. The molecule has 1 aliphatic rings. The average Bonchev–Trinajstić information content (AvgIpc) is 3.64. The molecule has 0 radical (unpaired) electrons. The number of nitrogens with one attached hydrogen (secondary N) is 1. The van der Waals surface area contributed by atoms with Gasteiger partial charge in [0.25, 0.3) is 0 Å². The largest absolute Gasteiger partial charge is 0.361 e. The monoisotopic (exact) mass is 531 g/mol. The van der Waals surface area contributed by atoms with E-state index in [0.717, 1.165) is 40.2 Å². The quantitative estimate of drug-likeness (QED) is 0.179. The maximum absolute atomic E-state index is 11.0. The number of aromatic nitrogens is 1. The Morgan fingerprint density at radius 1 is 0.800 bits per heavy atom. The third-order valence-corrected chi connectivity index (χ3v) is 6.41. The fourth-order valence-electron chi connectivity index (χ4n) is 4.51. The number of fused-ring (bicyclic) bond motifs is 2. The Morgan fingerprint density at radius 3 is 2.15 bits per heavy atom. The minimum Gasteiger partial charge on any atom is -0.361 e. The molecule has 0 fully saturated rings. The highest BCUT2D eigenvalue weighted by Crippen LogP contribution is 2.30. The van der Waals surface area contributed by atoms with Crippen LogP contribution in [0.1, 0.15) is 33.7 Å². The van der Waals surface area contributed by atoms with Crippen molar-refractivity contribution in [3.63, 3.8) is 0 Å². The van der Waals surface area contributed by atoms with Crippen LogP contribution >= 0.6 is 0 Å². The second-order valence-corrected chi connectivity index (χ2v) is 9.09. The predicted octanol–water partition coefficient (Wildman–Crippen LogP) is 7.77. The Kier molecular flexibility index (Phi) is 9.72. The number of aromatic amines is 1. The smallest absolute Gasteiger partial charge is 0.235 e. The fourth-order valence-corrected chi connectivity index (χ4v) is 4.51. The summed E-state index contributed by atoms with van der Waals surface area (Å²) in [7, 11) is 0. The molecule has 0 amide bonds. The lowest BCUT2D eigenvalue weighted by atomic mass is 9.91. The number of benzene rings is 4. The van der Waals surface area contributed by atoms with E-state index in [-0.39, 0.29) is 17.4 Å². The van der Waals surface area contributed by atoms with Crippen molar-refractivity contribution in [2.75, 3.05) is 6.54 Å². The molecule has 1 aromatic heterocycles. The molecular weight excluding hydrogens is 502 g/mol. The molecule has 0 aliphatic heterocycles. The summed E-state index contributed by atoms with van der Waals surface area (Å²) >= 11 is 0. The van der Waals surface area contributed by atoms with Gasteiger partial charge in [0, 0.05) is 28.1 Å². The number of para-hydroxylation sites is 1. The second-order valence-electron chi connectivity index (χ2n) is 9.09.